The van der Waals surface area contributed by atoms with Gasteiger partial charge in [-0.2, -0.15) is 0 Å². The molecule has 3 rings (SSSR count). The van der Waals surface area contributed by atoms with Crippen molar-refractivity contribution in [3.8, 4) is 0 Å². The van der Waals surface area contributed by atoms with E-state index in [0.29, 0.717) is 16.3 Å². The molecule has 0 aromatic heterocycles. The van der Waals surface area contributed by atoms with Crippen molar-refractivity contribution in [3.63, 3.8) is 0 Å². The molecule has 2 aromatic rings. The first kappa shape index (κ1) is 19.1. The molecule has 1 aliphatic rings. The average molecular weight is 411 g/mol. The molecule has 138 valence electrons. The van der Waals surface area contributed by atoms with Gasteiger partial charge in [0.15, 0.2) is 0 Å². The van der Waals surface area contributed by atoms with Gasteiger partial charge in [-0.25, -0.2) is 8.42 Å². The third-order valence-electron chi connectivity index (χ3n) is 4.11. The standard InChI is InChI=1S/C18H19ClN2O3S2/c1-11-3-4-12(9-16(11)21-26(2,23)24)18(22)20-15-7-8-25-17-6-5-13(19)10-14(15)17/h3-6,9-10,15,21H,7-8H2,1-2H3,(H,20,22)/t15-/m1/s1. The SMILES string of the molecule is Cc1ccc(C(=O)N[C@@H]2CCSc3ccc(Cl)cc32)cc1NS(C)(=O)=O. The van der Waals surface area contributed by atoms with Gasteiger partial charge in [0.05, 0.1) is 18.0 Å². The second-order valence-electron chi connectivity index (χ2n) is 6.25. The summed E-state index contributed by atoms with van der Waals surface area (Å²) >= 11 is 7.86. The molecule has 0 bridgehead atoms. The monoisotopic (exact) mass is 410 g/mol. The lowest BCUT2D eigenvalue weighted by molar-refractivity contribution is 0.0935. The van der Waals surface area contributed by atoms with E-state index in [1.807, 2.05) is 18.2 Å². The van der Waals surface area contributed by atoms with Crippen LogP contribution in [0.15, 0.2) is 41.3 Å². The largest absolute Gasteiger partial charge is 0.345 e. The van der Waals surface area contributed by atoms with Crippen LogP contribution in [0.2, 0.25) is 5.02 Å². The molecule has 0 radical (unpaired) electrons. The smallest absolute Gasteiger partial charge is 0.251 e. The highest BCUT2D eigenvalue weighted by atomic mass is 35.5. The molecule has 1 amide bonds. The maximum absolute atomic E-state index is 12.7. The van der Waals surface area contributed by atoms with E-state index in [1.165, 1.54) is 0 Å². The normalized spacial score (nSPS) is 16.7. The summed E-state index contributed by atoms with van der Waals surface area (Å²) in [5, 5.41) is 3.68. The van der Waals surface area contributed by atoms with Gasteiger partial charge in [0.2, 0.25) is 10.0 Å². The van der Waals surface area contributed by atoms with Crippen molar-refractivity contribution in [2.75, 3.05) is 16.7 Å². The third-order valence-corrected chi connectivity index (χ3v) is 6.06. The van der Waals surface area contributed by atoms with Crippen LogP contribution in [0.3, 0.4) is 0 Å². The summed E-state index contributed by atoms with van der Waals surface area (Å²) in [6.07, 6.45) is 1.89. The minimum atomic E-state index is -3.41. The summed E-state index contributed by atoms with van der Waals surface area (Å²) in [5.41, 5.74) is 2.58. The first-order valence-electron chi connectivity index (χ1n) is 8.04. The van der Waals surface area contributed by atoms with Crippen LogP contribution in [0.1, 0.15) is 33.9 Å². The van der Waals surface area contributed by atoms with Crippen LogP contribution in [0.4, 0.5) is 5.69 Å². The maximum atomic E-state index is 12.7. The molecule has 2 aromatic carbocycles. The molecule has 0 spiro atoms. The molecule has 0 fully saturated rings. The molecular weight excluding hydrogens is 392 g/mol. The van der Waals surface area contributed by atoms with Crippen LogP contribution >= 0.6 is 23.4 Å². The Bertz CT molecular complexity index is 961. The van der Waals surface area contributed by atoms with E-state index in [-0.39, 0.29) is 11.9 Å². The van der Waals surface area contributed by atoms with Gasteiger partial charge >= 0.3 is 0 Å². The van der Waals surface area contributed by atoms with E-state index in [1.54, 1.807) is 36.9 Å². The second kappa shape index (κ2) is 7.50. The second-order valence-corrected chi connectivity index (χ2v) is 9.57. The Morgan fingerprint density at radius 3 is 2.73 bits per heavy atom. The van der Waals surface area contributed by atoms with Crippen molar-refractivity contribution in [1.29, 1.82) is 0 Å². The summed E-state index contributed by atoms with van der Waals surface area (Å²) in [5.74, 6) is 0.665. The molecular formula is C18H19ClN2O3S2. The van der Waals surface area contributed by atoms with Crippen molar-refractivity contribution in [2.24, 2.45) is 0 Å². The van der Waals surface area contributed by atoms with Crippen molar-refractivity contribution in [1.82, 2.24) is 5.32 Å². The van der Waals surface area contributed by atoms with Crippen LogP contribution in [-0.4, -0.2) is 26.3 Å². The number of thioether (sulfide) groups is 1. The lowest BCUT2D eigenvalue weighted by Crippen LogP contribution is -2.30. The number of benzene rings is 2. The fraction of sp³-hybridized carbons (Fsp3) is 0.278. The number of anilines is 1. The lowest BCUT2D eigenvalue weighted by Gasteiger charge is -2.26. The fourth-order valence-electron chi connectivity index (χ4n) is 2.83. The number of hydrogen-bond donors (Lipinski definition) is 2. The number of rotatable bonds is 4. The summed E-state index contributed by atoms with van der Waals surface area (Å²) < 4.78 is 25.4. The molecule has 1 atom stereocenters. The zero-order valence-corrected chi connectivity index (χ0v) is 16.8. The highest BCUT2D eigenvalue weighted by Crippen LogP contribution is 2.37. The number of nitrogens with one attached hydrogen (secondary N) is 2. The van der Waals surface area contributed by atoms with Crippen LogP contribution < -0.4 is 10.0 Å². The summed E-state index contributed by atoms with van der Waals surface area (Å²) in [7, 11) is -3.41. The third kappa shape index (κ3) is 4.52. The van der Waals surface area contributed by atoms with E-state index < -0.39 is 10.0 Å². The Balaban J connectivity index is 1.84. The minimum absolute atomic E-state index is 0.120. The number of carbonyl (C=O) groups is 1. The zero-order chi connectivity index (χ0) is 18.9. The Hall–Kier alpha value is -1.70. The molecule has 0 unspecified atom stereocenters. The Morgan fingerprint density at radius 2 is 2.00 bits per heavy atom. The quantitative estimate of drug-likeness (QED) is 0.799. The minimum Gasteiger partial charge on any atom is -0.345 e. The number of hydrogen-bond acceptors (Lipinski definition) is 4. The predicted octanol–water partition coefficient (Wildman–Crippen LogP) is 3.99. The number of aryl methyl sites for hydroxylation is 1. The van der Waals surface area contributed by atoms with Gasteiger partial charge in [-0.05, 0) is 54.8 Å². The van der Waals surface area contributed by atoms with Crippen LogP contribution in [0.25, 0.3) is 0 Å². The van der Waals surface area contributed by atoms with Crippen LogP contribution in [0.5, 0.6) is 0 Å². The van der Waals surface area contributed by atoms with Crippen molar-refractivity contribution < 1.29 is 13.2 Å². The Morgan fingerprint density at radius 1 is 1.23 bits per heavy atom. The van der Waals surface area contributed by atoms with Crippen molar-refractivity contribution >= 4 is 45.0 Å². The predicted molar refractivity (Wildman–Crippen MR) is 107 cm³/mol. The van der Waals surface area contributed by atoms with E-state index >= 15 is 0 Å². The maximum Gasteiger partial charge on any atom is 0.251 e. The van der Waals surface area contributed by atoms with Crippen LogP contribution in [0, 0.1) is 6.92 Å². The zero-order valence-electron chi connectivity index (χ0n) is 14.4. The summed E-state index contributed by atoms with van der Waals surface area (Å²) in [4.78, 5) is 13.8. The number of halogens is 1. The number of carbonyl (C=O) groups excluding carboxylic acids is 1. The highest BCUT2D eigenvalue weighted by molar-refractivity contribution is 7.99. The van der Waals surface area contributed by atoms with Crippen molar-refractivity contribution in [3.05, 3.63) is 58.1 Å². The first-order valence-corrected chi connectivity index (χ1v) is 11.3. The molecule has 1 aliphatic heterocycles. The summed E-state index contributed by atoms with van der Waals surface area (Å²) in [6, 6.07) is 10.6. The van der Waals surface area contributed by atoms with Gasteiger partial charge in [-0.1, -0.05) is 17.7 Å². The van der Waals surface area contributed by atoms with E-state index in [9.17, 15) is 13.2 Å². The van der Waals surface area contributed by atoms with Crippen molar-refractivity contribution in [2.45, 2.75) is 24.3 Å². The van der Waals surface area contributed by atoms with Gasteiger partial charge in [-0.15, -0.1) is 11.8 Å². The molecule has 0 saturated carbocycles. The van der Waals surface area contributed by atoms with E-state index in [2.05, 4.69) is 10.0 Å². The molecule has 26 heavy (non-hydrogen) atoms. The van der Waals surface area contributed by atoms with Gasteiger partial charge in [0.25, 0.3) is 5.91 Å². The van der Waals surface area contributed by atoms with Gasteiger partial charge in [-0.3, -0.25) is 9.52 Å². The average Bonchev–Trinajstić information content (AvgIpc) is 2.56. The van der Waals surface area contributed by atoms with Gasteiger partial charge < -0.3 is 5.32 Å². The van der Waals surface area contributed by atoms with Gasteiger partial charge in [0, 0.05) is 21.2 Å². The Labute approximate surface area is 162 Å². The molecule has 0 aliphatic carbocycles. The summed E-state index contributed by atoms with van der Waals surface area (Å²) in [6.45, 7) is 1.78. The lowest BCUT2D eigenvalue weighted by atomic mass is 10.0. The highest BCUT2D eigenvalue weighted by Gasteiger charge is 2.23. The number of fused-ring (bicyclic) bond motifs is 1. The molecule has 5 nitrogen and oxygen atoms in total. The molecule has 2 N–H and O–H groups in total. The topological polar surface area (TPSA) is 75.3 Å². The molecule has 1 heterocycles. The molecule has 0 saturated heterocycles. The van der Waals surface area contributed by atoms with E-state index in [0.717, 1.165) is 34.5 Å². The molecule has 8 heteroatoms. The Kier molecular flexibility index (Phi) is 5.50. The van der Waals surface area contributed by atoms with Crippen LogP contribution in [-0.2, 0) is 10.0 Å². The number of sulfonamides is 1. The first-order chi connectivity index (χ1) is 12.2. The number of amides is 1. The van der Waals surface area contributed by atoms with Gasteiger partial charge in [0.1, 0.15) is 0 Å². The fourth-order valence-corrected chi connectivity index (χ4v) is 4.74. The van der Waals surface area contributed by atoms with E-state index in [4.69, 9.17) is 11.6 Å².